The predicted molar refractivity (Wildman–Crippen MR) is 76.0 cm³/mol. The van der Waals surface area contributed by atoms with Crippen molar-refractivity contribution in [1.29, 1.82) is 0 Å². The zero-order chi connectivity index (χ0) is 14.2. The topological polar surface area (TPSA) is 73.6 Å². The maximum atomic E-state index is 12.5. The van der Waals surface area contributed by atoms with E-state index in [4.69, 9.17) is 15.2 Å². The van der Waals surface area contributed by atoms with Crippen molar-refractivity contribution in [1.82, 2.24) is 0 Å². The van der Waals surface area contributed by atoms with E-state index in [0.29, 0.717) is 19.0 Å². The number of rotatable bonds is 2. The van der Waals surface area contributed by atoms with Crippen molar-refractivity contribution in [2.75, 3.05) is 18.5 Å². The van der Waals surface area contributed by atoms with Crippen LogP contribution in [0.1, 0.15) is 26.2 Å². The number of hydrogen-bond donors (Lipinski definition) is 2. The number of anilines is 1. The van der Waals surface area contributed by atoms with Crippen molar-refractivity contribution in [3.05, 3.63) is 18.2 Å². The number of nitrogens with two attached hydrogens (primary N) is 1. The van der Waals surface area contributed by atoms with Gasteiger partial charge in [-0.15, -0.1) is 0 Å². The number of benzene rings is 1. The van der Waals surface area contributed by atoms with Crippen LogP contribution >= 0.6 is 0 Å². The second-order valence-corrected chi connectivity index (χ2v) is 5.73. The molecule has 3 rings (SSSR count). The summed E-state index contributed by atoms with van der Waals surface area (Å²) in [5.74, 6) is 1.38. The molecule has 2 unspecified atom stereocenters. The molecule has 0 spiro atoms. The lowest BCUT2D eigenvalue weighted by Gasteiger charge is -2.27. The molecule has 2 aliphatic rings. The zero-order valence-corrected chi connectivity index (χ0v) is 11.6. The van der Waals surface area contributed by atoms with E-state index in [-0.39, 0.29) is 11.9 Å². The molecule has 2 atom stereocenters. The Morgan fingerprint density at radius 2 is 2.10 bits per heavy atom. The fraction of sp³-hybridized carbons (Fsp3) is 0.533. The smallest absolute Gasteiger partial charge is 0.231 e. The Kier molecular flexibility index (Phi) is 3.30. The molecule has 0 radical (unpaired) electrons. The van der Waals surface area contributed by atoms with E-state index in [1.807, 2.05) is 19.1 Å². The van der Waals surface area contributed by atoms with Crippen molar-refractivity contribution in [3.8, 4) is 11.5 Å². The molecule has 1 aliphatic carbocycles. The van der Waals surface area contributed by atoms with E-state index < -0.39 is 5.41 Å². The van der Waals surface area contributed by atoms with Crippen molar-refractivity contribution < 1.29 is 14.3 Å². The monoisotopic (exact) mass is 276 g/mol. The average molecular weight is 276 g/mol. The Morgan fingerprint density at radius 1 is 1.35 bits per heavy atom. The van der Waals surface area contributed by atoms with Gasteiger partial charge in [0.2, 0.25) is 5.91 Å². The summed E-state index contributed by atoms with van der Waals surface area (Å²) in [4.78, 5) is 12.5. The molecule has 0 aromatic heterocycles. The summed E-state index contributed by atoms with van der Waals surface area (Å²) in [5.41, 5.74) is 6.32. The normalized spacial score (nSPS) is 28.2. The standard InChI is InChI=1S/C15H20N2O3/c1-15(6-2-3-13(15)16)14(18)17-10-4-5-11-12(9-10)20-8-7-19-11/h4-5,9,13H,2-3,6-8,16H2,1H3,(H,17,18). The quantitative estimate of drug-likeness (QED) is 0.865. The Balaban J connectivity index is 1.76. The van der Waals surface area contributed by atoms with Crippen LogP contribution in [0.4, 0.5) is 5.69 Å². The zero-order valence-electron chi connectivity index (χ0n) is 11.6. The van der Waals surface area contributed by atoms with E-state index >= 15 is 0 Å². The Hall–Kier alpha value is -1.75. The molecule has 3 N–H and O–H groups in total. The Labute approximate surface area is 118 Å². The van der Waals surface area contributed by atoms with Crippen molar-refractivity contribution >= 4 is 11.6 Å². The van der Waals surface area contributed by atoms with Gasteiger partial charge in [0, 0.05) is 17.8 Å². The Bertz CT molecular complexity index is 532. The van der Waals surface area contributed by atoms with Crippen molar-refractivity contribution in [2.24, 2.45) is 11.1 Å². The molecule has 0 saturated heterocycles. The average Bonchev–Trinajstić information content (AvgIpc) is 2.80. The summed E-state index contributed by atoms with van der Waals surface area (Å²) in [6.07, 6.45) is 2.75. The molecule has 1 amide bonds. The number of carbonyl (C=O) groups is 1. The van der Waals surface area contributed by atoms with Gasteiger partial charge in [-0.05, 0) is 31.9 Å². The first kappa shape index (κ1) is 13.2. The molecule has 5 nitrogen and oxygen atoms in total. The van der Waals surface area contributed by atoms with Crippen LogP contribution in [0.2, 0.25) is 0 Å². The molecule has 20 heavy (non-hydrogen) atoms. The number of ether oxygens (including phenoxy) is 2. The SMILES string of the molecule is CC1(C(=O)Nc2ccc3c(c2)OCCO3)CCCC1N. The third kappa shape index (κ3) is 2.22. The molecule has 1 aliphatic heterocycles. The maximum Gasteiger partial charge on any atom is 0.231 e. The van der Waals surface area contributed by atoms with E-state index in [1.54, 1.807) is 6.07 Å². The maximum absolute atomic E-state index is 12.5. The van der Waals surface area contributed by atoms with E-state index in [1.165, 1.54) is 0 Å². The van der Waals surface area contributed by atoms with Gasteiger partial charge < -0.3 is 20.5 Å². The predicted octanol–water partition coefficient (Wildman–Crippen LogP) is 1.91. The summed E-state index contributed by atoms with van der Waals surface area (Å²) in [6.45, 7) is 3.04. The minimum atomic E-state index is -0.479. The largest absolute Gasteiger partial charge is 0.486 e. The molecule has 1 saturated carbocycles. The highest BCUT2D eigenvalue weighted by atomic mass is 16.6. The van der Waals surface area contributed by atoms with Gasteiger partial charge in [0.1, 0.15) is 13.2 Å². The summed E-state index contributed by atoms with van der Waals surface area (Å²) >= 11 is 0. The lowest BCUT2D eigenvalue weighted by atomic mass is 9.84. The van der Waals surface area contributed by atoms with E-state index in [0.717, 1.165) is 30.7 Å². The molecular formula is C15H20N2O3. The number of carbonyl (C=O) groups excluding carboxylic acids is 1. The third-order valence-electron chi connectivity index (χ3n) is 4.35. The number of fused-ring (bicyclic) bond motifs is 1. The number of nitrogens with one attached hydrogen (secondary N) is 1. The molecule has 1 aromatic rings. The van der Waals surface area contributed by atoms with Crippen LogP contribution in [0.25, 0.3) is 0 Å². The fourth-order valence-electron chi connectivity index (χ4n) is 2.87. The molecule has 1 aromatic carbocycles. The first-order valence-electron chi connectivity index (χ1n) is 7.06. The van der Waals surface area contributed by atoms with Gasteiger partial charge in [0.25, 0.3) is 0 Å². The van der Waals surface area contributed by atoms with Gasteiger partial charge in [-0.1, -0.05) is 6.42 Å². The minimum absolute atomic E-state index is 0.0147. The van der Waals surface area contributed by atoms with Gasteiger partial charge in [0.05, 0.1) is 5.41 Å². The molecule has 5 heteroatoms. The summed E-state index contributed by atoms with van der Waals surface area (Å²) < 4.78 is 11.0. The summed E-state index contributed by atoms with van der Waals surface area (Å²) in [5, 5.41) is 2.95. The molecule has 1 fully saturated rings. The van der Waals surface area contributed by atoms with Crippen LogP contribution in [0.5, 0.6) is 11.5 Å². The minimum Gasteiger partial charge on any atom is -0.486 e. The Morgan fingerprint density at radius 3 is 2.80 bits per heavy atom. The fourth-order valence-corrected chi connectivity index (χ4v) is 2.87. The molecule has 108 valence electrons. The molecule has 1 heterocycles. The van der Waals surface area contributed by atoms with Crippen molar-refractivity contribution in [3.63, 3.8) is 0 Å². The first-order valence-corrected chi connectivity index (χ1v) is 7.06. The van der Waals surface area contributed by atoms with Crippen LogP contribution in [-0.4, -0.2) is 25.2 Å². The van der Waals surface area contributed by atoms with Gasteiger partial charge in [-0.25, -0.2) is 0 Å². The van der Waals surface area contributed by atoms with E-state index in [2.05, 4.69) is 5.32 Å². The molecular weight excluding hydrogens is 256 g/mol. The van der Waals surface area contributed by atoms with Gasteiger partial charge in [-0.3, -0.25) is 4.79 Å². The van der Waals surface area contributed by atoms with Crippen LogP contribution in [-0.2, 0) is 4.79 Å². The summed E-state index contributed by atoms with van der Waals surface area (Å²) in [7, 11) is 0. The highest BCUT2D eigenvalue weighted by Crippen LogP contribution is 2.38. The van der Waals surface area contributed by atoms with Crippen molar-refractivity contribution in [2.45, 2.75) is 32.2 Å². The highest BCUT2D eigenvalue weighted by Gasteiger charge is 2.42. The second-order valence-electron chi connectivity index (χ2n) is 5.73. The molecule has 0 bridgehead atoms. The van der Waals surface area contributed by atoms with Crippen LogP contribution in [0.15, 0.2) is 18.2 Å². The third-order valence-corrected chi connectivity index (χ3v) is 4.35. The number of hydrogen-bond acceptors (Lipinski definition) is 4. The van der Waals surface area contributed by atoms with E-state index in [9.17, 15) is 4.79 Å². The van der Waals surface area contributed by atoms with Crippen LogP contribution in [0, 0.1) is 5.41 Å². The first-order chi connectivity index (χ1) is 9.59. The van der Waals surface area contributed by atoms with Crippen LogP contribution < -0.4 is 20.5 Å². The highest BCUT2D eigenvalue weighted by molar-refractivity contribution is 5.96. The van der Waals surface area contributed by atoms with Gasteiger partial charge >= 0.3 is 0 Å². The lowest BCUT2D eigenvalue weighted by Crippen LogP contribution is -2.44. The lowest BCUT2D eigenvalue weighted by molar-refractivity contribution is -0.125. The number of amides is 1. The second kappa shape index (κ2) is 4.98. The van der Waals surface area contributed by atoms with Gasteiger partial charge in [-0.2, -0.15) is 0 Å². The van der Waals surface area contributed by atoms with Crippen LogP contribution in [0.3, 0.4) is 0 Å². The van der Waals surface area contributed by atoms with Gasteiger partial charge in [0.15, 0.2) is 11.5 Å². The summed E-state index contributed by atoms with van der Waals surface area (Å²) in [6, 6.07) is 5.38.